The van der Waals surface area contributed by atoms with Crippen LogP contribution < -0.4 is 10.6 Å². The Bertz CT molecular complexity index is 691. The third-order valence-electron chi connectivity index (χ3n) is 3.38. The van der Waals surface area contributed by atoms with Gasteiger partial charge in [0.1, 0.15) is 5.69 Å². The third kappa shape index (κ3) is 3.94. The number of aromatic nitrogens is 2. The molecule has 2 rings (SSSR count). The van der Waals surface area contributed by atoms with Crippen LogP contribution in [-0.4, -0.2) is 28.1 Å². The second-order valence-electron chi connectivity index (χ2n) is 5.18. The normalized spacial score (nSPS) is 10.3. The summed E-state index contributed by atoms with van der Waals surface area (Å²) >= 11 is 0. The number of carbonyl (C=O) groups excluding carboxylic acids is 2. The fourth-order valence-corrected chi connectivity index (χ4v) is 2.14. The quantitative estimate of drug-likeness (QED) is 0.867. The number of nitrogens with one attached hydrogen (secondary N) is 2. The second-order valence-corrected chi connectivity index (χ2v) is 5.18. The Morgan fingerprint density at radius 2 is 1.91 bits per heavy atom. The molecule has 0 aliphatic rings. The lowest BCUT2D eigenvalue weighted by atomic mass is 10.1. The van der Waals surface area contributed by atoms with Crippen LogP contribution in [0, 0.1) is 13.8 Å². The zero-order valence-electron chi connectivity index (χ0n) is 13.0. The van der Waals surface area contributed by atoms with E-state index in [1.807, 2.05) is 38.1 Å². The number of hydrogen-bond donors (Lipinski definition) is 2. The highest BCUT2D eigenvalue weighted by atomic mass is 16.2. The lowest BCUT2D eigenvalue weighted by Crippen LogP contribution is -2.37. The first-order chi connectivity index (χ1) is 10.5. The molecule has 2 N–H and O–H groups in total. The molecular formula is C16H20N4O2. The van der Waals surface area contributed by atoms with E-state index in [0.29, 0.717) is 12.2 Å². The van der Waals surface area contributed by atoms with E-state index in [0.717, 1.165) is 16.8 Å². The zero-order valence-corrected chi connectivity index (χ0v) is 13.0. The van der Waals surface area contributed by atoms with E-state index in [9.17, 15) is 9.59 Å². The van der Waals surface area contributed by atoms with Gasteiger partial charge in [0.05, 0.1) is 12.2 Å². The molecule has 1 aromatic heterocycles. The van der Waals surface area contributed by atoms with Crippen molar-refractivity contribution in [3.05, 3.63) is 52.8 Å². The van der Waals surface area contributed by atoms with Crippen molar-refractivity contribution < 1.29 is 9.59 Å². The summed E-state index contributed by atoms with van der Waals surface area (Å²) in [6.07, 6.45) is 0. The highest BCUT2D eigenvalue weighted by molar-refractivity contribution is 5.95. The molecule has 1 heterocycles. The Kier molecular flexibility index (Phi) is 4.93. The number of hydrogen-bond acceptors (Lipinski definition) is 3. The molecule has 0 fully saturated rings. The molecule has 0 radical (unpaired) electrons. The van der Waals surface area contributed by atoms with Crippen LogP contribution in [0.15, 0.2) is 30.3 Å². The predicted octanol–water partition coefficient (Wildman–Crippen LogP) is 1.08. The minimum absolute atomic E-state index is 0.0606. The first kappa shape index (κ1) is 15.8. The highest BCUT2D eigenvalue weighted by Crippen LogP contribution is 2.06. The maximum atomic E-state index is 12.0. The van der Waals surface area contributed by atoms with Crippen molar-refractivity contribution in [2.45, 2.75) is 20.4 Å². The standard InChI is InChI=1S/C16H20N4O2/c1-11-6-4-5-7-13(11)9-17-15(21)10-18-16(22)14-8-12(2)19-20(14)3/h4-8H,9-10H2,1-3H3,(H,17,21)(H,18,22). The third-order valence-corrected chi connectivity index (χ3v) is 3.38. The van der Waals surface area contributed by atoms with Crippen molar-refractivity contribution >= 4 is 11.8 Å². The van der Waals surface area contributed by atoms with Gasteiger partial charge in [-0.1, -0.05) is 24.3 Å². The number of nitrogens with zero attached hydrogens (tertiary/aromatic N) is 2. The summed E-state index contributed by atoms with van der Waals surface area (Å²) in [5, 5.41) is 9.48. The van der Waals surface area contributed by atoms with Crippen LogP contribution in [0.25, 0.3) is 0 Å². The molecule has 0 saturated heterocycles. The van der Waals surface area contributed by atoms with Gasteiger partial charge < -0.3 is 10.6 Å². The fraction of sp³-hybridized carbons (Fsp3) is 0.312. The number of benzene rings is 1. The summed E-state index contributed by atoms with van der Waals surface area (Å²) in [6.45, 7) is 4.20. The summed E-state index contributed by atoms with van der Waals surface area (Å²) in [5.74, 6) is -0.537. The molecule has 0 aliphatic heterocycles. The Hall–Kier alpha value is -2.63. The van der Waals surface area contributed by atoms with E-state index in [-0.39, 0.29) is 18.4 Å². The van der Waals surface area contributed by atoms with Crippen LogP contribution in [-0.2, 0) is 18.4 Å². The molecule has 0 unspecified atom stereocenters. The highest BCUT2D eigenvalue weighted by Gasteiger charge is 2.12. The monoisotopic (exact) mass is 300 g/mol. The van der Waals surface area contributed by atoms with Gasteiger partial charge in [-0.25, -0.2) is 0 Å². The Morgan fingerprint density at radius 1 is 1.18 bits per heavy atom. The summed E-state index contributed by atoms with van der Waals surface area (Å²) in [7, 11) is 1.69. The summed E-state index contributed by atoms with van der Waals surface area (Å²) in [5.41, 5.74) is 3.38. The maximum absolute atomic E-state index is 12.0. The Labute approximate surface area is 129 Å². The first-order valence-corrected chi connectivity index (χ1v) is 7.07. The largest absolute Gasteiger partial charge is 0.350 e. The van der Waals surface area contributed by atoms with Crippen LogP contribution in [0.5, 0.6) is 0 Å². The van der Waals surface area contributed by atoms with Gasteiger partial charge in [0.15, 0.2) is 0 Å². The fourth-order valence-electron chi connectivity index (χ4n) is 2.14. The van der Waals surface area contributed by atoms with Crippen LogP contribution >= 0.6 is 0 Å². The van der Waals surface area contributed by atoms with E-state index in [1.165, 1.54) is 4.68 Å². The number of aryl methyl sites for hydroxylation is 3. The molecule has 6 nitrogen and oxygen atoms in total. The van der Waals surface area contributed by atoms with Crippen molar-refractivity contribution in [2.24, 2.45) is 7.05 Å². The van der Waals surface area contributed by atoms with Crippen LogP contribution in [0.3, 0.4) is 0 Å². The van der Waals surface area contributed by atoms with Gasteiger partial charge in [0.2, 0.25) is 5.91 Å². The van der Waals surface area contributed by atoms with E-state index in [1.54, 1.807) is 13.1 Å². The Morgan fingerprint density at radius 3 is 2.55 bits per heavy atom. The molecule has 6 heteroatoms. The van der Waals surface area contributed by atoms with Gasteiger partial charge in [-0.2, -0.15) is 5.10 Å². The van der Waals surface area contributed by atoms with Gasteiger partial charge in [0.25, 0.3) is 5.91 Å². The second kappa shape index (κ2) is 6.89. The van der Waals surface area contributed by atoms with Gasteiger partial charge in [-0.15, -0.1) is 0 Å². The van der Waals surface area contributed by atoms with E-state index < -0.39 is 0 Å². The molecule has 116 valence electrons. The van der Waals surface area contributed by atoms with Gasteiger partial charge in [-0.05, 0) is 31.0 Å². The molecule has 0 spiro atoms. The van der Waals surface area contributed by atoms with Crippen LogP contribution in [0.2, 0.25) is 0 Å². The van der Waals surface area contributed by atoms with Gasteiger partial charge in [0, 0.05) is 13.6 Å². The summed E-state index contributed by atoms with van der Waals surface area (Å²) in [6, 6.07) is 9.53. The molecule has 0 atom stereocenters. The van der Waals surface area contributed by atoms with Gasteiger partial charge >= 0.3 is 0 Å². The van der Waals surface area contributed by atoms with Crippen molar-refractivity contribution in [1.29, 1.82) is 0 Å². The molecule has 0 bridgehead atoms. The Balaban J connectivity index is 1.82. The molecule has 2 aromatic rings. The first-order valence-electron chi connectivity index (χ1n) is 7.07. The van der Waals surface area contributed by atoms with Crippen molar-refractivity contribution in [1.82, 2.24) is 20.4 Å². The smallest absolute Gasteiger partial charge is 0.269 e. The molecule has 1 aromatic carbocycles. The molecule has 2 amide bonds. The van der Waals surface area contributed by atoms with Crippen LogP contribution in [0.1, 0.15) is 27.3 Å². The molecule has 0 aliphatic carbocycles. The van der Waals surface area contributed by atoms with E-state index in [2.05, 4.69) is 15.7 Å². The molecular weight excluding hydrogens is 280 g/mol. The summed E-state index contributed by atoms with van der Waals surface area (Å²) < 4.78 is 1.50. The minimum Gasteiger partial charge on any atom is -0.350 e. The number of amides is 2. The average molecular weight is 300 g/mol. The van der Waals surface area contributed by atoms with E-state index >= 15 is 0 Å². The van der Waals surface area contributed by atoms with E-state index in [4.69, 9.17) is 0 Å². The topological polar surface area (TPSA) is 76.0 Å². The molecule has 0 saturated carbocycles. The van der Waals surface area contributed by atoms with Crippen molar-refractivity contribution in [2.75, 3.05) is 6.54 Å². The zero-order chi connectivity index (χ0) is 16.1. The van der Waals surface area contributed by atoms with Crippen LogP contribution in [0.4, 0.5) is 0 Å². The summed E-state index contributed by atoms with van der Waals surface area (Å²) in [4.78, 5) is 23.8. The van der Waals surface area contributed by atoms with Crippen molar-refractivity contribution in [3.8, 4) is 0 Å². The number of carbonyl (C=O) groups is 2. The number of rotatable bonds is 5. The van der Waals surface area contributed by atoms with Gasteiger partial charge in [-0.3, -0.25) is 14.3 Å². The van der Waals surface area contributed by atoms with Crippen molar-refractivity contribution in [3.63, 3.8) is 0 Å². The minimum atomic E-state index is -0.311. The SMILES string of the molecule is Cc1cc(C(=O)NCC(=O)NCc2ccccc2C)n(C)n1. The lowest BCUT2D eigenvalue weighted by Gasteiger charge is -2.09. The maximum Gasteiger partial charge on any atom is 0.269 e. The average Bonchev–Trinajstić information content (AvgIpc) is 2.82. The lowest BCUT2D eigenvalue weighted by molar-refractivity contribution is -0.120. The predicted molar refractivity (Wildman–Crippen MR) is 83.3 cm³/mol. The molecule has 22 heavy (non-hydrogen) atoms.